The number of hydrogen-bond acceptors (Lipinski definition) is 1. The van der Waals surface area contributed by atoms with Crippen LogP contribution in [0.25, 0.3) is 0 Å². The molecule has 0 unspecified atom stereocenters. The van der Waals surface area contributed by atoms with Crippen molar-refractivity contribution in [2.75, 3.05) is 0 Å². The van der Waals surface area contributed by atoms with Crippen molar-refractivity contribution in [2.45, 2.75) is 45.4 Å². The van der Waals surface area contributed by atoms with Crippen LogP contribution in [0.5, 0.6) is 0 Å². The van der Waals surface area contributed by atoms with Crippen molar-refractivity contribution in [3.05, 3.63) is 0 Å². The smallest absolute Gasteiger partial charge is 0.0621 e. The first-order valence-corrected chi connectivity index (χ1v) is 4.14. The van der Waals surface area contributed by atoms with Crippen LogP contribution in [-0.4, -0.2) is 0 Å². The molecule has 1 saturated carbocycles. The Morgan fingerprint density at radius 3 is 2.50 bits per heavy atom. The third-order valence-corrected chi connectivity index (χ3v) is 2.65. The van der Waals surface area contributed by atoms with E-state index in [4.69, 9.17) is 5.26 Å². The van der Waals surface area contributed by atoms with Gasteiger partial charge in [0.15, 0.2) is 0 Å². The summed E-state index contributed by atoms with van der Waals surface area (Å²) in [5.74, 6) is 0. The molecule has 0 aliphatic heterocycles. The zero-order valence-corrected chi connectivity index (χ0v) is 6.69. The fourth-order valence-electron chi connectivity index (χ4n) is 1.84. The SMILES string of the molecule is CC1(CCC#N)CCCC1. The Morgan fingerprint density at radius 1 is 1.40 bits per heavy atom. The molecule has 0 atom stereocenters. The lowest BCUT2D eigenvalue weighted by Crippen LogP contribution is -2.09. The van der Waals surface area contributed by atoms with E-state index in [2.05, 4.69) is 13.0 Å². The van der Waals surface area contributed by atoms with Gasteiger partial charge in [0.25, 0.3) is 0 Å². The van der Waals surface area contributed by atoms with Crippen molar-refractivity contribution in [1.29, 1.82) is 5.26 Å². The largest absolute Gasteiger partial charge is 0.198 e. The molecule has 0 spiro atoms. The van der Waals surface area contributed by atoms with E-state index in [1.54, 1.807) is 0 Å². The van der Waals surface area contributed by atoms with Crippen molar-refractivity contribution >= 4 is 0 Å². The first-order chi connectivity index (χ1) is 4.77. The lowest BCUT2D eigenvalue weighted by molar-refractivity contribution is 0.312. The van der Waals surface area contributed by atoms with Crippen molar-refractivity contribution in [3.63, 3.8) is 0 Å². The molecule has 0 heterocycles. The molecule has 0 aromatic heterocycles. The summed E-state index contributed by atoms with van der Waals surface area (Å²) in [4.78, 5) is 0. The van der Waals surface area contributed by atoms with Gasteiger partial charge in [-0.2, -0.15) is 5.26 Å². The van der Waals surface area contributed by atoms with Crippen LogP contribution in [0.15, 0.2) is 0 Å². The Morgan fingerprint density at radius 2 is 2.00 bits per heavy atom. The molecule has 0 saturated heterocycles. The maximum absolute atomic E-state index is 8.39. The van der Waals surface area contributed by atoms with Crippen LogP contribution in [0.2, 0.25) is 0 Å². The highest BCUT2D eigenvalue weighted by Crippen LogP contribution is 2.40. The molecule has 0 bridgehead atoms. The Labute approximate surface area is 63.0 Å². The van der Waals surface area contributed by atoms with E-state index in [1.807, 2.05) is 0 Å². The molecule has 1 fully saturated rings. The number of hydrogen-bond donors (Lipinski definition) is 0. The van der Waals surface area contributed by atoms with Gasteiger partial charge in [0.05, 0.1) is 6.07 Å². The summed E-state index contributed by atoms with van der Waals surface area (Å²) in [6.45, 7) is 2.32. The van der Waals surface area contributed by atoms with E-state index in [9.17, 15) is 0 Å². The van der Waals surface area contributed by atoms with Gasteiger partial charge in [0, 0.05) is 6.42 Å². The average molecular weight is 137 g/mol. The minimum Gasteiger partial charge on any atom is -0.198 e. The third-order valence-electron chi connectivity index (χ3n) is 2.65. The molecule has 0 aromatic carbocycles. The number of nitriles is 1. The van der Waals surface area contributed by atoms with Gasteiger partial charge in [-0.25, -0.2) is 0 Å². The second-order valence-corrected chi connectivity index (χ2v) is 3.68. The van der Waals surface area contributed by atoms with Gasteiger partial charge >= 0.3 is 0 Å². The van der Waals surface area contributed by atoms with Crippen LogP contribution in [0, 0.1) is 16.7 Å². The summed E-state index contributed by atoms with van der Waals surface area (Å²) >= 11 is 0. The molecule has 56 valence electrons. The predicted octanol–water partition coefficient (Wildman–Crippen LogP) is 2.87. The lowest BCUT2D eigenvalue weighted by Gasteiger charge is -2.21. The summed E-state index contributed by atoms with van der Waals surface area (Å²) in [5.41, 5.74) is 0.524. The summed E-state index contributed by atoms with van der Waals surface area (Å²) in [6.07, 6.45) is 7.30. The molecule has 10 heavy (non-hydrogen) atoms. The molecular formula is C9H15N. The first kappa shape index (κ1) is 7.60. The van der Waals surface area contributed by atoms with Gasteiger partial charge in [-0.1, -0.05) is 19.8 Å². The van der Waals surface area contributed by atoms with E-state index in [0.29, 0.717) is 5.41 Å². The molecule has 1 heteroatoms. The van der Waals surface area contributed by atoms with Crippen LogP contribution < -0.4 is 0 Å². The van der Waals surface area contributed by atoms with Gasteiger partial charge < -0.3 is 0 Å². The lowest BCUT2D eigenvalue weighted by atomic mass is 9.84. The molecule has 1 rings (SSSR count). The molecular weight excluding hydrogens is 122 g/mol. The molecule has 0 radical (unpaired) electrons. The highest BCUT2D eigenvalue weighted by Gasteiger charge is 2.27. The van der Waals surface area contributed by atoms with Gasteiger partial charge in [-0.3, -0.25) is 0 Å². The standard InChI is InChI=1S/C9H15N/c1-9(7-4-8-10)5-2-3-6-9/h2-7H2,1H3. The molecule has 0 N–H and O–H groups in total. The normalized spacial score (nSPS) is 22.4. The van der Waals surface area contributed by atoms with Gasteiger partial charge in [0.2, 0.25) is 0 Å². The fourth-order valence-corrected chi connectivity index (χ4v) is 1.84. The van der Waals surface area contributed by atoms with Crippen LogP contribution >= 0.6 is 0 Å². The first-order valence-electron chi connectivity index (χ1n) is 4.14. The molecule has 1 aliphatic carbocycles. The van der Waals surface area contributed by atoms with E-state index in [-0.39, 0.29) is 0 Å². The van der Waals surface area contributed by atoms with Crippen molar-refractivity contribution in [1.82, 2.24) is 0 Å². The van der Waals surface area contributed by atoms with E-state index in [0.717, 1.165) is 12.8 Å². The Kier molecular flexibility index (Phi) is 2.32. The predicted molar refractivity (Wildman–Crippen MR) is 41.4 cm³/mol. The van der Waals surface area contributed by atoms with Crippen molar-refractivity contribution in [2.24, 2.45) is 5.41 Å². The maximum Gasteiger partial charge on any atom is 0.0621 e. The minimum atomic E-state index is 0.524. The van der Waals surface area contributed by atoms with Crippen molar-refractivity contribution < 1.29 is 0 Å². The Bertz CT molecular complexity index is 137. The van der Waals surface area contributed by atoms with Gasteiger partial charge in [0.1, 0.15) is 0 Å². The second-order valence-electron chi connectivity index (χ2n) is 3.68. The molecule has 1 aliphatic rings. The maximum atomic E-state index is 8.39. The van der Waals surface area contributed by atoms with Crippen LogP contribution in [0.1, 0.15) is 45.4 Å². The average Bonchev–Trinajstić information content (AvgIpc) is 2.33. The zero-order chi connectivity index (χ0) is 7.45. The van der Waals surface area contributed by atoms with E-state index >= 15 is 0 Å². The third kappa shape index (κ3) is 1.73. The minimum absolute atomic E-state index is 0.524. The van der Waals surface area contributed by atoms with E-state index < -0.39 is 0 Å². The summed E-state index contributed by atoms with van der Waals surface area (Å²) in [6, 6.07) is 2.22. The summed E-state index contributed by atoms with van der Waals surface area (Å²) in [5, 5.41) is 8.39. The van der Waals surface area contributed by atoms with Crippen LogP contribution in [-0.2, 0) is 0 Å². The van der Waals surface area contributed by atoms with Gasteiger partial charge in [-0.05, 0) is 24.7 Å². The van der Waals surface area contributed by atoms with Gasteiger partial charge in [-0.15, -0.1) is 0 Å². The summed E-state index contributed by atoms with van der Waals surface area (Å²) < 4.78 is 0. The van der Waals surface area contributed by atoms with Crippen molar-refractivity contribution in [3.8, 4) is 6.07 Å². The monoisotopic (exact) mass is 137 g/mol. The second kappa shape index (κ2) is 3.05. The molecule has 1 nitrogen and oxygen atoms in total. The molecule has 0 amide bonds. The Hall–Kier alpha value is -0.510. The van der Waals surface area contributed by atoms with Crippen LogP contribution in [0.4, 0.5) is 0 Å². The van der Waals surface area contributed by atoms with Crippen LogP contribution in [0.3, 0.4) is 0 Å². The zero-order valence-electron chi connectivity index (χ0n) is 6.69. The Balaban J connectivity index is 2.30. The van der Waals surface area contributed by atoms with E-state index in [1.165, 1.54) is 25.7 Å². The molecule has 0 aromatic rings. The number of rotatable bonds is 2. The fraction of sp³-hybridized carbons (Fsp3) is 0.889. The topological polar surface area (TPSA) is 23.8 Å². The highest BCUT2D eigenvalue weighted by molar-refractivity contribution is 4.84. The summed E-state index contributed by atoms with van der Waals surface area (Å²) in [7, 11) is 0. The number of nitrogens with zero attached hydrogens (tertiary/aromatic N) is 1. The highest BCUT2D eigenvalue weighted by atomic mass is 14.3. The quantitative estimate of drug-likeness (QED) is 0.574.